The normalized spacial score (nSPS) is 24.1. The Balaban J connectivity index is 2.28. The minimum absolute atomic E-state index is 0.0718. The molecule has 10 heavy (non-hydrogen) atoms. The Morgan fingerprint density at radius 2 is 2.40 bits per heavy atom. The summed E-state index contributed by atoms with van der Waals surface area (Å²) in [7, 11) is 0. The molecule has 1 atom stereocenters. The third-order valence-electron chi connectivity index (χ3n) is 1.85. The molecule has 2 N–H and O–H groups in total. The maximum absolute atomic E-state index is 10.3. The number of carboxylic acid groups (broad SMARTS) is 1. The van der Waals surface area contributed by atoms with Crippen LogP contribution in [-0.2, 0) is 0 Å². The van der Waals surface area contributed by atoms with Crippen LogP contribution >= 0.6 is 0 Å². The van der Waals surface area contributed by atoms with Crippen molar-refractivity contribution in [3.63, 3.8) is 0 Å². The third kappa shape index (κ3) is 1.21. The highest BCUT2D eigenvalue weighted by Crippen LogP contribution is 2.19. The largest absolute Gasteiger partial charge is 0.465 e. The zero-order valence-electron chi connectivity index (χ0n) is 5.66. The van der Waals surface area contributed by atoms with E-state index in [9.17, 15) is 4.79 Å². The first-order chi connectivity index (χ1) is 4.75. The van der Waals surface area contributed by atoms with Crippen LogP contribution in [0.15, 0.2) is 0 Å². The van der Waals surface area contributed by atoms with Crippen LogP contribution in [0, 0.1) is 0 Å². The van der Waals surface area contributed by atoms with E-state index in [0.29, 0.717) is 13.0 Å². The summed E-state index contributed by atoms with van der Waals surface area (Å²) in [6.07, 6.45) is 0.601. The Labute approximate surface area is 59.1 Å². The zero-order valence-corrected chi connectivity index (χ0v) is 5.66. The lowest BCUT2D eigenvalue weighted by Crippen LogP contribution is -2.50. The molecule has 0 aliphatic carbocycles. The van der Waals surface area contributed by atoms with Crippen molar-refractivity contribution >= 4 is 6.09 Å². The first kappa shape index (κ1) is 7.34. The minimum atomic E-state index is -0.871. The summed E-state index contributed by atoms with van der Waals surface area (Å²) in [5, 5.41) is 17.0. The van der Waals surface area contributed by atoms with Gasteiger partial charge in [0.15, 0.2) is 0 Å². The summed E-state index contributed by atoms with van der Waals surface area (Å²) < 4.78 is 0. The first-order valence-corrected chi connectivity index (χ1v) is 3.36. The molecule has 58 valence electrons. The monoisotopic (exact) mass is 145 g/mol. The molecular formula is C6H11NO3. The fourth-order valence-corrected chi connectivity index (χ4v) is 1.14. The highest BCUT2D eigenvalue weighted by molar-refractivity contribution is 5.66. The van der Waals surface area contributed by atoms with Gasteiger partial charge in [-0.1, -0.05) is 0 Å². The second-order valence-electron chi connectivity index (χ2n) is 2.43. The van der Waals surface area contributed by atoms with E-state index in [-0.39, 0.29) is 12.6 Å². The lowest BCUT2D eigenvalue weighted by molar-refractivity contribution is 0.0625. The summed E-state index contributed by atoms with van der Waals surface area (Å²) >= 11 is 0. The van der Waals surface area contributed by atoms with E-state index < -0.39 is 6.09 Å². The molecule has 1 fully saturated rings. The molecule has 0 bridgehead atoms. The first-order valence-electron chi connectivity index (χ1n) is 3.36. The Bertz CT molecular complexity index is 137. The molecule has 0 aromatic rings. The second-order valence-corrected chi connectivity index (χ2v) is 2.43. The minimum Gasteiger partial charge on any atom is -0.465 e. The molecule has 1 rings (SSSR count). The second kappa shape index (κ2) is 2.88. The van der Waals surface area contributed by atoms with Gasteiger partial charge in [0.05, 0.1) is 0 Å². The van der Waals surface area contributed by atoms with Gasteiger partial charge in [0, 0.05) is 19.2 Å². The van der Waals surface area contributed by atoms with Crippen molar-refractivity contribution in [1.29, 1.82) is 0 Å². The van der Waals surface area contributed by atoms with Crippen LogP contribution in [0.1, 0.15) is 12.8 Å². The number of likely N-dealkylation sites (tertiary alicyclic amines) is 1. The van der Waals surface area contributed by atoms with E-state index in [1.807, 2.05) is 0 Å². The van der Waals surface area contributed by atoms with Crippen LogP contribution in [0.4, 0.5) is 4.79 Å². The third-order valence-corrected chi connectivity index (χ3v) is 1.85. The van der Waals surface area contributed by atoms with Crippen LogP contribution in [-0.4, -0.2) is 40.4 Å². The molecule has 0 saturated carbocycles. The van der Waals surface area contributed by atoms with Gasteiger partial charge in [0.2, 0.25) is 0 Å². The zero-order chi connectivity index (χ0) is 7.56. The smallest absolute Gasteiger partial charge is 0.407 e. The number of aliphatic hydroxyl groups excluding tert-OH is 1. The number of rotatable bonds is 2. The summed E-state index contributed by atoms with van der Waals surface area (Å²) in [5.41, 5.74) is 0. The van der Waals surface area contributed by atoms with E-state index in [1.165, 1.54) is 4.90 Å². The van der Waals surface area contributed by atoms with Crippen molar-refractivity contribution < 1.29 is 15.0 Å². The average Bonchev–Trinajstić information content (AvgIpc) is 1.78. The van der Waals surface area contributed by atoms with Crippen molar-refractivity contribution in [3.05, 3.63) is 0 Å². The Morgan fingerprint density at radius 3 is 2.70 bits per heavy atom. The molecule has 1 saturated heterocycles. The van der Waals surface area contributed by atoms with Gasteiger partial charge in [-0.2, -0.15) is 0 Å². The van der Waals surface area contributed by atoms with Crippen molar-refractivity contribution in [2.75, 3.05) is 13.2 Å². The van der Waals surface area contributed by atoms with Crippen molar-refractivity contribution in [2.45, 2.75) is 18.9 Å². The van der Waals surface area contributed by atoms with Gasteiger partial charge in [-0.3, -0.25) is 0 Å². The Hall–Kier alpha value is -0.770. The van der Waals surface area contributed by atoms with Crippen LogP contribution in [0.2, 0.25) is 0 Å². The molecule has 1 aliphatic heterocycles. The summed E-state index contributed by atoms with van der Waals surface area (Å²) in [5.74, 6) is 0. The number of amides is 1. The van der Waals surface area contributed by atoms with Crippen LogP contribution < -0.4 is 0 Å². The molecule has 4 heteroatoms. The molecule has 0 unspecified atom stereocenters. The molecule has 0 aromatic carbocycles. The number of nitrogens with zero attached hydrogens (tertiary/aromatic N) is 1. The fourth-order valence-electron chi connectivity index (χ4n) is 1.14. The molecule has 1 heterocycles. The number of hydrogen-bond donors (Lipinski definition) is 2. The topological polar surface area (TPSA) is 60.8 Å². The quantitative estimate of drug-likeness (QED) is 0.580. The molecule has 0 radical (unpaired) electrons. The predicted molar refractivity (Wildman–Crippen MR) is 34.8 cm³/mol. The van der Waals surface area contributed by atoms with Gasteiger partial charge in [-0.15, -0.1) is 0 Å². The SMILES string of the molecule is O=C(O)N1CC[C@H]1CCO. The van der Waals surface area contributed by atoms with Gasteiger partial charge in [0.1, 0.15) is 0 Å². The lowest BCUT2D eigenvalue weighted by Gasteiger charge is -2.38. The summed E-state index contributed by atoms with van der Waals surface area (Å²) in [6.45, 7) is 0.703. The van der Waals surface area contributed by atoms with Gasteiger partial charge in [-0.25, -0.2) is 4.79 Å². The molecule has 1 amide bonds. The van der Waals surface area contributed by atoms with E-state index in [2.05, 4.69) is 0 Å². The van der Waals surface area contributed by atoms with Crippen LogP contribution in [0.25, 0.3) is 0 Å². The Kier molecular flexibility index (Phi) is 2.11. The van der Waals surface area contributed by atoms with E-state index in [4.69, 9.17) is 10.2 Å². The van der Waals surface area contributed by atoms with E-state index in [0.717, 1.165) is 6.42 Å². The van der Waals surface area contributed by atoms with Crippen molar-refractivity contribution in [1.82, 2.24) is 4.90 Å². The van der Waals surface area contributed by atoms with Gasteiger partial charge >= 0.3 is 6.09 Å². The molecule has 1 aliphatic rings. The van der Waals surface area contributed by atoms with Crippen molar-refractivity contribution in [3.8, 4) is 0 Å². The van der Waals surface area contributed by atoms with Crippen molar-refractivity contribution in [2.24, 2.45) is 0 Å². The standard InChI is InChI=1S/C6H11NO3/c8-4-2-5-1-3-7(5)6(9)10/h5,8H,1-4H2,(H,9,10)/t5-/m0/s1. The van der Waals surface area contributed by atoms with E-state index in [1.54, 1.807) is 0 Å². The summed E-state index contributed by atoms with van der Waals surface area (Å²) in [4.78, 5) is 11.7. The number of hydrogen-bond acceptors (Lipinski definition) is 2. The Morgan fingerprint density at radius 1 is 1.70 bits per heavy atom. The molecular weight excluding hydrogens is 134 g/mol. The average molecular weight is 145 g/mol. The van der Waals surface area contributed by atoms with E-state index >= 15 is 0 Å². The highest BCUT2D eigenvalue weighted by atomic mass is 16.4. The fraction of sp³-hybridized carbons (Fsp3) is 0.833. The van der Waals surface area contributed by atoms with Gasteiger partial charge in [0.25, 0.3) is 0 Å². The summed E-state index contributed by atoms with van der Waals surface area (Å²) in [6, 6.07) is 0.0718. The lowest BCUT2D eigenvalue weighted by atomic mass is 10.0. The predicted octanol–water partition coefficient (Wildman–Crippen LogP) is 0.121. The maximum Gasteiger partial charge on any atom is 0.407 e. The molecule has 0 spiro atoms. The molecule has 4 nitrogen and oxygen atoms in total. The maximum atomic E-state index is 10.3. The number of aliphatic hydroxyl groups is 1. The van der Waals surface area contributed by atoms with Crippen LogP contribution in [0.5, 0.6) is 0 Å². The molecule has 0 aromatic heterocycles. The number of carbonyl (C=O) groups is 1. The van der Waals surface area contributed by atoms with Gasteiger partial charge < -0.3 is 15.1 Å². The van der Waals surface area contributed by atoms with Crippen LogP contribution in [0.3, 0.4) is 0 Å². The highest BCUT2D eigenvalue weighted by Gasteiger charge is 2.30. The van der Waals surface area contributed by atoms with Gasteiger partial charge in [-0.05, 0) is 12.8 Å².